The summed E-state index contributed by atoms with van der Waals surface area (Å²) in [5, 5.41) is 2.22. The highest BCUT2D eigenvalue weighted by Crippen LogP contribution is 2.56. The molecule has 2 aromatic heterocycles. The molecule has 294 valence electrons. The second-order valence-electron chi connectivity index (χ2n) is 16.3. The lowest BCUT2D eigenvalue weighted by Gasteiger charge is -2.34. The Morgan fingerprint density at radius 1 is 0.333 bits per heavy atom. The first kappa shape index (κ1) is 29.1. The highest BCUT2D eigenvalue weighted by molar-refractivity contribution is 6.13. The molecule has 13 rings (SSSR count). The SMILES string of the molecule is [2H]c1c([2H])c([2H])c2c(c1[2H])c1c([2H])c(-c3ccc4c(c3)c3ccc(-c5ccccc5)cc3n4-c3ccccc3)c([2H])c([2H])c1n2-c1ccc2c(c1)C(c1ccccc1)(c1ccccc1)c1ccccc1-2. The Morgan fingerprint density at radius 3 is 1.73 bits per heavy atom. The molecular formula is C61H40N2. The first-order valence-electron chi connectivity index (χ1n) is 24.8. The van der Waals surface area contributed by atoms with Crippen LogP contribution in [0.25, 0.3) is 88.4 Å². The van der Waals surface area contributed by atoms with Crippen LogP contribution in [0.2, 0.25) is 0 Å². The molecule has 0 spiro atoms. The van der Waals surface area contributed by atoms with E-state index < -0.39 is 17.5 Å². The molecule has 0 aliphatic heterocycles. The van der Waals surface area contributed by atoms with E-state index in [2.05, 4.69) is 102 Å². The van der Waals surface area contributed by atoms with E-state index in [1.54, 1.807) is 4.57 Å². The molecule has 2 nitrogen and oxygen atoms in total. The van der Waals surface area contributed by atoms with Gasteiger partial charge in [-0.1, -0.05) is 182 Å². The smallest absolute Gasteiger partial charge is 0.0714 e. The second-order valence-corrected chi connectivity index (χ2v) is 16.3. The summed E-state index contributed by atoms with van der Waals surface area (Å²) in [4.78, 5) is 0. The summed E-state index contributed by atoms with van der Waals surface area (Å²) in [6, 6.07) is 66.1. The van der Waals surface area contributed by atoms with Gasteiger partial charge in [0.05, 0.1) is 37.1 Å². The predicted octanol–water partition coefficient (Wildman–Crippen LogP) is 15.6. The molecule has 0 radical (unpaired) electrons. The summed E-state index contributed by atoms with van der Waals surface area (Å²) in [5.41, 5.74) is 12.3. The normalized spacial score (nSPS) is 14.4. The average molecular weight is 808 g/mol. The van der Waals surface area contributed by atoms with E-state index in [4.69, 9.17) is 2.74 Å². The van der Waals surface area contributed by atoms with Crippen LogP contribution in [0, 0.1) is 0 Å². The number of hydrogen-bond acceptors (Lipinski definition) is 0. The monoisotopic (exact) mass is 807 g/mol. The Bertz CT molecular complexity index is 4090. The van der Waals surface area contributed by atoms with Crippen molar-refractivity contribution in [1.29, 1.82) is 0 Å². The van der Waals surface area contributed by atoms with Crippen LogP contribution in [0.15, 0.2) is 242 Å². The fourth-order valence-electron chi connectivity index (χ4n) is 10.3. The number of hydrogen-bond donors (Lipinski definition) is 0. The van der Waals surface area contributed by atoms with Crippen molar-refractivity contribution in [3.05, 3.63) is 265 Å². The van der Waals surface area contributed by atoms with Crippen molar-refractivity contribution in [1.82, 2.24) is 9.13 Å². The van der Waals surface area contributed by atoms with Crippen molar-refractivity contribution in [3.63, 3.8) is 0 Å². The molecule has 0 N–H and O–H groups in total. The van der Waals surface area contributed by atoms with Crippen LogP contribution >= 0.6 is 0 Å². The number of benzene rings is 10. The van der Waals surface area contributed by atoms with E-state index in [9.17, 15) is 6.85 Å². The minimum atomic E-state index is -0.772. The summed E-state index contributed by atoms with van der Waals surface area (Å²) in [6.07, 6.45) is 0. The van der Waals surface area contributed by atoms with Gasteiger partial charge in [-0.3, -0.25) is 0 Å². The fourth-order valence-corrected chi connectivity index (χ4v) is 10.3. The summed E-state index contributed by atoms with van der Waals surface area (Å²) in [7, 11) is 0. The van der Waals surface area contributed by atoms with Crippen molar-refractivity contribution in [3.8, 4) is 44.8 Å². The van der Waals surface area contributed by atoms with Crippen LogP contribution in [0.4, 0.5) is 0 Å². The highest BCUT2D eigenvalue weighted by Gasteiger charge is 2.46. The molecular weight excluding hydrogens is 761 g/mol. The van der Waals surface area contributed by atoms with Gasteiger partial charge in [0.1, 0.15) is 0 Å². The lowest BCUT2D eigenvalue weighted by molar-refractivity contribution is 0.767. The fraction of sp³-hybridized carbons (Fsp3) is 0.0164. The topological polar surface area (TPSA) is 9.86 Å². The maximum Gasteiger partial charge on any atom is 0.0714 e. The third-order valence-corrected chi connectivity index (χ3v) is 13.0. The van der Waals surface area contributed by atoms with Crippen molar-refractivity contribution >= 4 is 43.6 Å². The van der Waals surface area contributed by atoms with Crippen LogP contribution in [-0.4, -0.2) is 9.13 Å². The quantitative estimate of drug-likeness (QED) is 0.158. The van der Waals surface area contributed by atoms with Crippen LogP contribution < -0.4 is 0 Å². The first-order chi connectivity index (χ1) is 34.2. The van der Waals surface area contributed by atoms with E-state index in [1.807, 2.05) is 103 Å². The van der Waals surface area contributed by atoms with Gasteiger partial charge >= 0.3 is 0 Å². The maximum absolute atomic E-state index is 10.1. The van der Waals surface area contributed by atoms with Crippen LogP contribution in [-0.2, 0) is 5.41 Å². The molecule has 1 aliphatic carbocycles. The van der Waals surface area contributed by atoms with Gasteiger partial charge in [-0.15, -0.1) is 0 Å². The minimum absolute atomic E-state index is 0.0845. The summed E-state index contributed by atoms with van der Waals surface area (Å²) in [6.45, 7) is 0. The Labute approximate surface area is 376 Å². The molecule has 0 atom stereocenters. The van der Waals surface area contributed by atoms with E-state index in [0.29, 0.717) is 11.3 Å². The highest BCUT2D eigenvalue weighted by atomic mass is 15.0. The van der Waals surface area contributed by atoms with Crippen molar-refractivity contribution in [2.75, 3.05) is 0 Å². The largest absolute Gasteiger partial charge is 0.309 e. The van der Waals surface area contributed by atoms with Crippen LogP contribution in [0.5, 0.6) is 0 Å². The minimum Gasteiger partial charge on any atom is -0.309 e. The van der Waals surface area contributed by atoms with Gasteiger partial charge in [0.25, 0.3) is 0 Å². The molecule has 0 saturated carbocycles. The maximum atomic E-state index is 10.1. The van der Waals surface area contributed by atoms with Crippen molar-refractivity contribution in [2.45, 2.75) is 5.41 Å². The van der Waals surface area contributed by atoms with Gasteiger partial charge in [-0.25, -0.2) is 0 Å². The predicted molar refractivity (Wildman–Crippen MR) is 263 cm³/mol. The molecule has 2 heterocycles. The Kier molecular flexibility index (Phi) is 6.43. The number of para-hydroxylation sites is 2. The number of nitrogens with zero attached hydrogens (tertiary/aromatic N) is 2. The summed E-state index contributed by atoms with van der Waals surface area (Å²) < 4.78 is 70.6. The van der Waals surface area contributed by atoms with Crippen LogP contribution in [0.1, 0.15) is 31.8 Å². The van der Waals surface area contributed by atoms with E-state index in [-0.39, 0.29) is 57.6 Å². The van der Waals surface area contributed by atoms with Gasteiger partial charge in [0.2, 0.25) is 0 Å². The van der Waals surface area contributed by atoms with E-state index in [1.165, 1.54) is 0 Å². The van der Waals surface area contributed by atoms with Crippen LogP contribution in [0.3, 0.4) is 0 Å². The van der Waals surface area contributed by atoms with Crippen molar-refractivity contribution in [2.24, 2.45) is 0 Å². The molecule has 12 aromatic rings. The summed E-state index contributed by atoms with van der Waals surface area (Å²) >= 11 is 0. The van der Waals surface area contributed by atoms with Gasteiger partial charge in [-0.2, -0.15) is 0 Å². The van der Waals surface area contributed by atoms with Gasteiger partial charge in [-0.05, 0) is 116 Å². The Balaban J connectivity index is 1.09. The first-order valence-corrected chi connectivity index (χ1v) is 21.3. The molecule has 1 aliphatic rings. The van der Waals surface area contributed by atoms with Gasteiger partial charge in [0.15, 0.2) is 0 Å². The second kappa shape index (κ2) is 13.9. The van der Waals surface area contributed by atoms with Crippen molar-refractivity contribution < 1.29 is 9.60 Å². The molecule has 0 amide bonds. The molecule has 0 bridgehead atoms. The third-order valence-electron chi connectivity index (χ3n) is 13.0. The average Bonchev–Trinajstić information content (AvgIpc) is 4.05. The molecule has 2 heteroatoms. The summed E-state index contributed by atoms with van der Waals surface area (Å²) in [5.74, 6) is 0. The Morgan fingerprint density at radius 2 is 0.952 bits per heavy atom. The zero-order valence-corrected chi connectivity index (χ0v) is 33.9. The standard InChI is InChI=1S/C61H40N2/c1-5-17-41(18-6-1)44-29-33-52-54-38-43(30-35-58(54)62(60(52)39-44)47-23-11-4-12-24-47)42-31-36-59-53(37-42)51-26-14-16-28-57(51)63(59)48-32-34-50-49-25-13-15-27-55(49)61(56(50)40-48,45-19-7-2-8-20-45)46-21-9-3-10-22-46/h1-40H/i14D,16D,26D,28D,31D,36D,37D. The molecule has 63 heavy (non-hydrogen) atoms. The van der Waals surface area contributed by atoms with E-state index >= 15 is 0 Å². The zero-order valence-electron chi connectivity index (χ0n) is 40.9. The third kappa shape index (κ3) is 5.25. The van der Waals surface area contributed by atoms with E-state index in [0.717, 1.165) is 72.0 Å². The number of rotatable bonds is 6. The lowest BCUT2D eigenvalue weighted by Crippen LogP contribution is -2.28. The van der Waals surface area contributed by atoms with Gasteiger partial charge < -0.3 is 9.13 Å². The number of aromatic nitrogens is 2. The zero-order chi connectivity index (χ0) is 47.6. The Hall–Kier alpha value is -8.20. The molecule has 0 fully saturated rings. The lowest BCUT2D eigenvalue weighted by atomic mass is 9.67. The molecule has 10 aromatic carbocycles. The molecule has 0 saturated heterocycles. The van der Waals surface area contributed by atoms with Gasteiger partial charge in [0, 0.05) is 32.9 Å². The number of fused-ring (bicyclic) bond motifs is 9. The molecule has 0 unspecified atom stereocenters.